The lowest BCUT2D eigenvalue weighted by atomic mass is 10.1. The van der Waals surface area contributed by atoms with Crippen molar-refractivity contribution >= 4 is 17.5 Å². The number of nitrogens with one attached hydrogen (secondary N) is 1. The van der Waals surface area contributed by atoms with E-state index in [0.29, 0.717) is 26.2 Å². The van der Waals surface area contributed by atoms with Crippen LogP contribution in [0.5, 0.6) is 17.4 Å². The molecule has 2 fully saturated rings. The van der Waals surface area contributed by atoms with Gasteiger partial charge in [0.1, 0.15) is 40.6 Å². The third kappa shape index (κ3) is 3.64. The lowest BCUT2D eigenvalue weighted by Gasteiger charge is -2.34. The van der Waals surface area contributed by atoms with Crippen LogP contribution in [-0.4, -0.2) is 84.3 Å². The molecule has 4 heterocycles. The predicted octanol–water partition coefficient (Wildman–Crippen LogP) is 2.14. The van der Waals surface area contributed by atoms with Crippen molar-refractivity contribution in [1.82, 2.24) is 20.1 Å². The fourth-order valence-electron chi connectivity index (χ4n) is 4.49. The molecular weight excluding hydrogens is 439 g/mol. The zero-order valence-electron chi connectivity index (χ0n) is 17.6. The highest BCUT2D eigenvalue weighted by atomic mass is 35.5. The topological polar surface area (TPSA) is 87.2 Å². The third-order valence-electron chi connectivity index (χ3n) is 6.16. The van der Waals surface area contributed by atoms with Gasteiger partial charge in [-0.05, 0) is 25.6 Å². The Morgan fingerprint density at radius 1 is 1.34 bits per heavy atom. The monoisotopic (exact) mass is 462 g/mol. The molecule has 10 heteroatoms. The fraction of sp³-hybridized carbons (Fsp3) is 0.455. The van der Waals surface area contributed by atoms with Gasteiger partial charge in [-0.1, -0.05) is 17.7 Å². The standard InChI is InChI=1S/C22H24ClFN4O4/c1-27-7-5-13(10-27)32-21-17-20(31-11-12-9-25-6-8-28(12)22(17)30)18(23)19(26-21)16-14(24)3-2-4-15(16)29/h2-4,12-13,25,29H,5-11H2,1H3/t12-,13+/m1/s1. The first-order valence-electron chi connectivity index (χ1n) is 10.6. The lowest BCUT2D eigenvalue weighted by molar-refractivity contribution is 0.0601. The van der Waals surface area contributed by atoms with Crippen molar-refractivity contribution in [2.24, 2.45) is 0 Å². The molecule has 1 aromatic carbocycles. The summed E-state index contributed by atoms with van der Waals surface area (Å²) in [6.07, 6.45) is 0.580. The summed E-state index contributed by atoms with van der Waals surface area (Å²) in [5, 5.41) is 13.6. The first kappa shape index (κ1) is 21.2. The van der Waals surface area contributed by atoms with Crippen LogP contribution in [0, 0.1) is 5.82 Å². The van der Waals surface area contributed by atoms with Crippen LogP contribution in [0.15, 0.2) is 18.2 Å². The van der Waals surface area contributed by atoms with E-state index in [1.807, 2.05) is 7.05 Å². The molecule has 0 aliphatic carbocycles. The van der Waals surface area contributed by atoms with Crippen LogP contribution >= 0.6 is 11.6 Å². The molecule has 2 atom stereocenters. The summed E-state index contributed by atoms with van der Waals surface area (Å²) in [7, 11) is 1.99. The second-order valence-corrected chi connectivity index (χ2v) is 8.75. The zero-order chi connectivity index (χ0) is 22.4. The number of hydrogen-bond donors (Lipinski definition) is 2. The van der Waals surface area contributed by atoms with Gasteiger partial charge in [0.2, 0.25) is 5.88 Å². The number of ether oxygens (including phenoxy) is 2. The summed E-state index contributed by atoms with van der Waals surface area (Å²) in [6, 6.07) is 3.79. The molecule has 32 heavy (non-hydrogen) atoms. The number of phenols is 1. The van der Waals surface area contributed by atoms with Gasteiger partial charge >= 0.3 is 0 Å². The molecule has 0 bridgehead atoms. The molecule has 0 saturated carbocycles. The molecule has 1 aromatic heterocycles. The molecule has 1 amide bonds. The number of pyridine rings is 1. The van der Waals surface area contributed by atoms with E-state index in [-0.39, 0.29) is 63.9 Å². The van der Waals surface area contributed by atoms with Gasteiger partial charge in [0.05, 0.1) is 11.6 Å². The van der Waals surface area contributed by atoms with Crippen LogP contribution in [0.2, 0.25) is 5.02 Å². The minimum Gasteiger partial charge on any atom is -0.507 e. The first-order chi connectivity index (χ1) is 15.4. The highest BCUT2D eigenvalue weighted by molar-refractivity contribution is 6.35. The molecule has 170 valence electrons. The van der Waals surface area contributed by atoms with Crippen LogP contribution < -0.4 is 14.8 Å². The van der Waals surface area contributed by atoms with Crippen molar-refractivity contribution in [3.8, 4) is 28.6 Å². The van der Waals surface area contributed by atoms with Gasteiger partial charge in [0.15, 0.2) is 5.75 Å². The molecule has 8 nitrogen and oxygen atoms in total. The van der Waals surface area contributed by atoms with E-state index < -0.39 is 5.82 Å². The van der Waals surface area contributed by atoms with E-state index in [0.717, 1.165) is 13.0 Å². The number of nitrogens with zero attached hydrogens (tertiary/aromatic N) is 3. The Balaban J connectivity index is 1.68. The fourth-order valence-corrected chi connectivity index (χ4v) is 4.78. The van der Waals surface area contributed by atoms with Crippen LogP contribution in [0.4, 0.5) is 4.39 Å². The maximum atomic E-state index is 14.7. The van der Waals surface area contributed by atoms with Gasteiger partial charge in [0.25, 0.3) is 5.91 Å². The number of phenolic OH excluding ortho intramolecular Hbond substituents is 1. The van der Waals surface area contributed by atoms with E-state index in [9.17, 15) is 14.3 Å². The Morgan fingerprint density at radius 3 is 2.94 bits per heavy atom. The number of piperazine rings is 1. The molecule has 3 aliphatic rings. The van der Waals surface area contributed by atoms with Crippen LogP contribution in [0.25, 0.3) is 11.3 Å². The summed E-state index contributed by atoms with van der Waals surface area (Å²) >= 11 is 6.64. The van der Waals surface area contributed by atoms with Crippen molar-refractivity contribution in [1.29, 1.82) is 0 Å². The van der Waals surface area contributed by atoms with Gasteiger partial charge in [-0.15, -0.1) is 0 Å². The maximum Gasteiger partial charge on any atom is 0.263 e. The molecule has 2 aromatic rings. The van der Waals surface area contributed by atoms with E-state index in [1.165, 1.54) is 18.2 Å². The highest BCUT2D eigenvalue weighted by Crippen LogP contribution is 2.45. The molecule has 2 saturated heterocycles. The molecule has 0 radical (unpaired) electrons. The molecule has 2 N–H and O–H groups in total. The Hall–Kier alpha value is -2.62. The predicted molar refractivity (Wildman–Crippen MR) is 116 cm³/mol. The summed E-state index contributed by atoms with van der Waals surface area (Å²) in [6.45, 7) is 3.53. The quantitative estimate of drug-likeness (QED) is 0.722. The average molecular weight is 463 g/mol. The van der Waals surface area contributed by atoms with Crippen LogP contribution in [0.1, 0.15) is 16.8 Å². The number of carbonyl (C=O) groups excluding carboxylic acids is 1. The first-order valence-corrected chi connectivity index (χ1v) is 11.0. The van der Waals surface area contributed by atoms with Gasteiger partial charge < -0.3 is 29.7 Å². The minimum atomic E-state index is -0.688. The van der Waals surface area contributed by atoms with Gasteiger partial charge in [0, 0.05) is 32.7 Å². The molecule has 0 unspecified atom stereocenters. The molecule has 0 spiro atoms. The number of halogens is 2. The summed E-state index contributed by atoms with van der Waals surface area (Å²) < 4.78 is 26.9. The number of likely N-dealkylation sites (tertiary alicyclic amines) is 1. The average Bonchev–Trinajstić information content (AvgIpc) is 3.11. The Bertz CT molecular complexity index is 1050. The Morgan fingerprint density at radius 2 is 2.19 bits per heavy atom. The lowest BCUT2D eigenvalue weighted by Crippen LogP contribution is -2.54. The van der Waals surface area contributed by atoms with E-state index in [1.54, 1.807) is 4.90 Å². The van der Waals surface area contributed by atoms with Crippen LogP contribution in [-0.2, 0) is 0 Å². The van der Waals surface area contributed by atoms with E-state index >= 15 is 0 Å². The summed E-state index contributed by atoms with van der Waals surface area (Å²) in [4.78, 5) is 21.9. The second-order valence-electron chi connectivity index (χ2n) is 8.38. The van der Waals surface area contributed by atoms with Crippen molar-refractivity contribution in [3.63, 3.8) is 0 Å². The summed E-state index contributed by atoms with van der Waals surface area (Å²) in [5.74, 6) is -1.12. The number of fused-ring (bicyclic) bond motifs is 2. The Labute approximate surface area is 189 Å². The van der Waals surface area contributed by atoms with Gasteiger partial charge in [-0.25, -0.2) is 9.37 Å². The van der Waals surface area contributed by atoms with E-state index in [2.05, 4.69) is 15.2 Å². The second kappa shape index (κ2) is 8.38. The minimum absolute atomic E-state index is 0.0202. The number of aromatic nitrogens is 1. The smallest absolute Gasteiger partial charge is 0.263 e. The zero-order valence-corrected chi connectivity index (χ0v) is 18.4. The van der Waals surface area contributed by atoms with Crippen molar-refractivity contribution in [2.75, 3.05) is 46.4 Å². The van der Waals surface area contributed by atoms with Crippen molar-refractivity contribution in [3.05, 3.63) is 34.6 Å². The van der Waals surface area contributed by atoms with Gasteiger partial charge in [-0.2, -0.15) is 0 Å². The Kier molecular flexibility index (Phi) is 5.56. The van der Waals surface area contributed by atoms with Gasteiger partial charge in [-0.3, -0.25) is 4.79 Å². The van der Waals surface area contributed by atoms with Crippen molar-refractivity contribution < 1.29 is 23.8 Å². The molecule has 5 rings (SSSR count). The molecule has 3 aliphatic heterocycles. The normalized spacial score (nSPS) is 23.3. The maximum absolute atomic E-state index is 14.7. The number of aromatic hydroxyl groups is 1. The number of benzene rings is 1. The van der Waals surface area contributed by atoms with E-state index in [4.69, 9.17) is 21.1 Å². The SMILES string of the molecule is CN1CC[C@H](Oc2nc(-c3c(O)cccc3F)c(Cl)c3c2C(=O)N2CCNC[C@@H]2CO3)C1. The third-order valence-corrected chi connectivity index (χ3v) is 6.51. The number of hydrogen-bond acceptors (Lipinski definition) is 7. The largest absolute Gasteiger partial charge is 0.507 e. The van der Waals surface area contributed by atoms with Crippen LogP contribution in [0.3, 0.4) is 0 Å². The highest BCUT2D eigenvalue weighted by Gasteiger charge is 2.39. The number of carbonyl (C=O) groups is 1. The number of likely N-dealkylation sites (N-methyl/N-ethyl adjacent to an activating group) is 1. The molecular formula is C22H24ClFN4O4. The number of amides is 1. The van der Waals surface area contributed by atoms with Crippen molar-refractivity contribution in [2.45, 2.75) is 18.6 Å². The number of rotatable bonds is 3. The summed E-state index contributed by atoms with van der Waals surface area (Å²) in [5.41, 5.74) is -0.0323.